The third kappa shape index (κ3) is 2.29. The maximum Gasteiger partial charge on any atom is 0.244 e. The number of ether oxygens (including phenoxy) is 1. The Morgan fingerprint density at radius 2 is 1.96 bits per heavy atom. The molecule has 0 spiro atoms. The molecule has 1 atom stereocenters. The van der Waals surface area contributed by atoms with E-state index in [4.69, 9.17) is 9.26 Å². The van der Waals surface area contributed by atoms with E-state index in [9.17, 15) is 0 Å². The van der Waals surface area contributed by atoms with Crippen molar-refractivity contribution in [3.63, 3.8) is 0 Å². The predicted octanol–water partition coefficient (Wildman–Crippen LogP) is 3.06. The molecule has 3 heterocycles. The van der Waals surface area contributed by atoms with Crippen molar-refractivity contribution in [2.45, 2.75) is 25.4 Å². The maximum absolute atomic E-state index is 5.55. The number of aromatic nitrogens is 2. The summed E-state index contributed by atoms with van der Waals surface area (Å²) in [6.07, 6.45) is 1.81. The van der Waals surface area contributed by atoms with Crippen LogP contribution in [0, 0.1) is 0 Å². The Balaban J connectivity index is 1.42. The van der Waals surface area contributed by atoms with E-state index in [1.54, 1.807) is 0 Å². The summed E-state index contributed by atoms with van der Waals surface area (Å²) >= 11 is 0. The Labute approximate surface area is 139 Å². The SMILES string of the molecule is c1ccc2c(c1)CN[C@@H](c1nc(-c3ccc4c(c3)CCO4)no1)C2. The molecule has 5 nitrogen and oxygen atoms in total. The fraction of sp³-hybridized carbons (Fsp3) is 0.263. The summed E-state index contributed by atoms with van der Waals surface area (Å²) in [4.78, 5) is 4.62. The molecule has 5 rings (SSSR count). The van der Waals surface area contributed by atoms with Crippen molar-refractivity contribution in [3.8, 4) is 17.1 Å². The van der Waals surface area contributed by atoms with E-state index in [0.717, 1.165) is 37.3 Å². The molecule has 24 heavy (non-hydrogen) atoms. The van der Waals surface area contributed by atoms with E-state index in [1.807, 2.05) is 12.1 Å². The van der Waals surface area contributed by atoms with Crippen LogP contribution in [-0.2, 0) is 19.4 Å². The fourth-order valence-electron chi connectivity index (χ4n) is 3.45. The molecule has 1 N–H and O–H groups in total. The van der Waals surface area contributed by atoms with Gasteiger partial charge in [-0.3, -0.25) is 0 Å². The minimum absolute atomic E-state index is 0.0684. The van der Waals surface area contributed by atoms with Crippen LogP contribution in [0.3, 0.4) is 0 Å². The highest BCUT2D eigenvalue weighted by Gasteiger charge is 2.24. The summed E-state index contributed by atoms with van der Waals surface area (Å²) in [6, 6.07) is 14.6. The Kier molecular flexibility index (Phi) is 3.13. The summed E-state index contributed by atoms with van der Waals surface area (Å²) in [5.41, 5.74) is 4.87. The van der Waals surface area contributed by atoms with Crippen molar-refractivity contribution >= 4 is 0 Å². The molecule has 0 saturated carbocycles. The van der Waals surface area contributed by atoms with Gasteiger partial charge in [-0.2, -0.15) is 4.98 Å². The van der Waals surface area contributed by atoms with Crippen molar-refractivity contribution in [1.29, 1.82) is 0 Å². The van der Waals surface area contributed by atoms with Gasteiger partial charge in [-0.1, -0.05) is 29.4 Å². The molecular formula is C19H17N3O2. The first-order chi connectivity index (χ1) is 11.9. The minimum Gasteiger partial charge on any atom is -0.493 e. The van der Waals surface area contributed by atoms with E-state index in [0.29, 0.717) is 11.7 Å². The summed E-state index contributed by atoms with van der Waals surface area (Å²) in [5.74, 6) is 2.25. The molecular weight excluding hydrogens is 302 g/mol. The number of hydrogen-bond donors (Lipinski definition) is 1. The van der Waals surface area contributed by atoms with Gasteiger partial charge in [0.25, 0.3) is 0 Å². The first-order valence-electron chi connectivity index (χ1n) is 8.27. The lowest BCUT2D eigenvalue weighted by Crippen LogP contribution is -2.28. The third-order valence-corrected chi connectivity index (χ3v) is 4.77. The molecule has 0 radical (unpaired) electrons. The molecule has 0 bridgehead atoms. The number of nitrogens with zero attached hydrogens (tertiary/aromatic N) is 2. The van der Waals surface area contributed by atoms with Crippen molar-refractivity contribution in [2.75, 3.05) is 6.61 Å². The summed E-state index contributed by atoms with van der Waals surface area (Å²) in [5, 5.41) is 7.66. The number of nitrogens with one attached hydrogen (secondary N) is 1. The van der Waals surface area contributed by atoms with Gasteiger partial charge >= 0.3 is 0 Å². The lowest BCUT2D eigenvalue weighted by atomic mass is 9.96. The summed E-state index contributed by atoms with van der Waals surface area (Å²) in [7, 11) is 0. The number of rotatable bonds is 2. The zero-order valence-electron chi connectivity index (χ0n) is 13.2. The lowest BCUT2D eigenvalue weighted by Gasteiger charge is -2.23. The first-order valence-corrected chi connectivity index (χ1v) is 8.27. The Bertz CT molecular complexity index is 903. The zero-order valence-corrected chi connectivity index (χ0v) is 13.2. The average molecular weight is 319 g/mol. The molecule has 0 saturated heterocycles. The smallest absolute Gasteiger partial charge is 0.244 e. The Morgan fingerprint density at radius 3 is 2.92 bits per heavy atom. The van der Waals surface area contributed by atoms with E-state index < -0.39 is 0 Å². The van der Waals surface area contributed by atoms with E-state index in [1.165, 1.54) is 16.7 Å². The standard InChI is InChI=1S/C19H17N3O2/c1-2-4-15-11-20-16(10-12(15)3-1)19-21-18(22-24-19)14-5-6-17-13(9-14)7-8-23-17/h1-6,9,16,20H,7-8,10-11H2/t16-/m1/s1. The van der Waals surface area contributed by atoms with Crippen LogP contribution in [0.2, 0.25) is 0 Å². The maximum atomic E-state index is 5.55. The first kappa shape index (κ1) is 13.7. The zero-order chi connectivity index (χ0) is 15.9. The minimum atomic E-state index is 0.0684. The van der Waals surface area contributed by atoms with E-state index in [-0.39, 0.29) is 6.04 Å². The molecule has 5 heteroatoms. The van der Waals surface area contributed by atoms with Gasteiger partial charge < -0.3 is 14.6 Å². The normalized spacial score (nSPS) is 18.8. The molecule has 1 aromatic heterocycles. The summed E-state index contributed by atoms with van der Waals surface area (Å²) < 4.78 is 11.1. The molecule has 0 amide bonds. The second-order valence-corrected chi connectivity index (χ2v) is 6.28. The number of benzene rings is 2. The van der Waals surface area contributed by atoms with Crippen molar-refractivity contribution in [2.24, 2.45) is 0 Å². The fourth-order valence-corrected chi connectivity index (χ4v) is 3.45. The van der Waals surface area contributed by atoms with E-state index >= 15 is 0 Å². The molecule has 3 aromatic rings. The molecule has 2 aliphatic rings. The second kappa shape index (κ2) is 5.46. The predicted molar refractivity (Wildman–Crippen MR) is 88.7 cm³/mol. The van der Waals surface area contributed by atoms with Crippen LogP contribution in [-0.4, -0.2) is 16.7 Å². The van der Waals surface area contributed by atoms with Gasteiger partial charge in [0.2, 0.25) is 11.7 Å². The van der Waals surface area contributed by atoms with Crippen LogP contribution in [0.5, 0.6) is 5.75 Å². The van der Waals surface area contributed by atoms with Gasteiger partial charge in [0.05, 0.1) is 12.6 Å². The summed E-state index contributed by atoms with van der Waals surface area (Å²) in [6.45, 7) is 1.58. The van der Waals surface area contributed by atoms with Crippen molar-refractivity contribution < 1.29 is 9.26 Å². The van der Waals surface area contributed by atoms with Crippen LogP contribution in [0.25, 0.3) is 11.4 Å². The van der Waals surface area contributed by atoms with Gasteiger partial charge in [-0.05, 0) is 41.3 Å². The van der Waals surface area contributed by atoms with Gasteiger partial charge in [0, 0.05) is 18.5 Å². The van der Waals surface area contributed by atoms with Crippen LogP contribution < -0.4 is 10.1 Å². The quantitative estimate of drug-likeness (QED) is 0.786. The highest BCUT2D eigenvalue weighted by Crippen LogP contribution is 2.30. The van der Waals surface area contributed by atoms with E-state index in [2.05, 4.69) is 45.8 Å². The molecule has 0 fully saturated rings. The molecule has 2 aliphatic heterocycles. The second-order valence-electron chi connectivity index (χ2n) is 6.28. The Hall–Kier alpha value is -2.66. The topological polar surface area (TPSA) is 60.2 Å². The highest BCUT2D eigenvalue weighted by atomic mass is 16.5. The van der Waals surface area contributed by atoms with Crippen LogP contribution >= 0.6 is 0 Å². The highest BCUT2D eigenvalue weighted by molar-refractivity contribution is 5.59. The average Bonchev–Trinajstić information content (AvgIpc) is 3.30. The third-order valence-electron chi connectivity index (χ3n) is 4.77. The lowest BCUT2D eigenvalue weighted by molar-refractivity contribution is 0.321. The van der Waals surface area contributed by atoms with Gasteiger partial charge in [0.1, 0.15) is 5.75 Å². The number of hydrogen-bond acceptors (Lipinski definition) is 5. The number of fused-ring (bicyclic) bond motifs is 2. The van der Waals surface area contributed by atoms with Crippen molar-refractivity contribution in [3.05, 3.63) is 65.0 Å². The van der Waals surface area contributed by atoms with Gasteiger partial charge in [-0.25, -0.2) is 0 Å². The van der Waals surface area contributed by atoms with Gasteiger partial charge in [-0.15, -0.1) is 0 Å². The van der Waals surface area contributed by atoms with Gasteiger partial charge in [0.15, 0.2) is 0 Å². The molecule has 0 aliphatic carbocycles. The monoisotopic (exact) mass is 319 g/mol. The molecule has 120 valence electrons. The van der Waals surface area contributed by atoms with Crippen molar-refractivity contribution in [1.82, 2.24) is 15.5 Å². The van der Waals surface area contributed by atoms with Crippen LogP contribution in [0.1, 0.15) is 28.6 Å². The Morgan fingerprint density at radius 1 is 1.04 bits per heavy atom. The molecule has 2 aromatic carbocycles. The largest absolute Gasteiger partial charge is 0.493 e. The molecule has 0 unspecified atom stereocenters. The van der Waals surface area contributed by atoms with Crippen LogP contribution in [0.15, 0.2) is 47.0 Å². The van der Waals surface area contributed by atoms with Crippen LogP contribution in [0.4, 0.5) is 0 Å².